The second-order valence-corrected chi connectivity index (χ2v) is 4.59. The smallest absolute Gasteiger partial charge is 0.318 e. The molecule has 0 heterocycles. The first-order valence-electron chi connectivity index (χ1n) is 4.06. The summed E-state index contributed by atoms with van der Waals surface area (Å²) in [5, 5.41) is 4.47. The lowest BCUT2D eigenvalue weighted by Gasteiger charge is -2.04. The van der Waals surface area contributed by atoms with Gasteiger partial charge in [-0.1, -0.05) is 0 Å². The van der Waals surface area contributed by atoms with Crippen molar-refractivity contribution in [1.29, 1.82) is 0 Å². The molecule has 15 heavy (non-hydrogen) atoms. The summed E-state index contributed by atoms with van der Waals surface area (Å²) >= 11 is 0. The van der Waals surface area contributed by atoms with Crippen molar-refractivity contribution in [3.8, 4) is 0 Å². The van der Waals surface area contributed by atoms with E-state index in [-0.39, 0.29) is 19.6 Å². The fourth-order valence-corrected chi connectivity index (χ4v) is 1.18. The van der Waals surface area contributed by atoms with Crippen LogP contribution < -0.4 is 21.1 Å². The summed E-state index contributed by atoms with van der Waals surface area (Å²) in [5.74, 6) is -0.568. The number of nitrogens with one attached hydrogen (secondary N) is 3. The average Bonchev–Trinajstić information content (AvgIpc) is 1.99. The van der Waals surface area contributed by atoms with Gasteiger partial charge in [-0.25, -0.2) is 17.9 Å². The molecular weight excluding hydrogens is 224 g/mol. The minimum Gasteiger partial charge on any atom is -0.351 e. The summed E-state index contributed by atoms with van der Waals surface area (Å²) < 4.78 is 23.4. The summed E-state index contributed by atoms with van der Waals surface area (Å²) in [6, 6.07) is -0.920. The van der Waals surface area contributed by atoms with Crippen molar-refractivity contribution in [1.82, 2.24) is 15.4 Å². The van der Waals surface area contributed by atoms with Gasteiger partial charge in [0.25, 0.3) is 0 Å². The molecule has 0 fully saturated rings. The second kappa shape index (κ2) is 6.32. The third-order valence-electron chi connectivity index (χ3n) is 1.21. The number of hydrogen-bond donors (Lipinski definition) is 4. The molecule has 0 aliphatic rings. The van der Waals surface area contributed by atoms with Crippen molar-refractivity contribution in [2.45, 2.75) is 0 Å². The van der Waals surface area contributed by atoms with E-state index in [2.05, 4.69) is 10.0 Å². The lowest BCUT2D eigenvalue weighted by Crippen LogP contribution is -2.42. The van der Waals surface area contributed by atoms with Gasteiger partial charge in [-0.3, -0.25) is 10.1 Å². The molecule has 0 aliphatic heterocycles. The third kappa shape index (κ3) is 10.7. The molecule has 0 radical (unpaired) electrons. The lowest BCUT2D eigenvalue weighted by molar-refractivity contribution is -0.119. The summed E-state index contributed by atoms with van der Waals surface area (Å²) in [5.41, 5.74) is 4.69. The van der Waals surface area contributed by atoms with Crippen molar-refractivity contribution in [3.05, 3.63) is 0 Å². The zero-order valence-electron chi connectivity index (χ0n) is 8.24. The number of sulfonamides is 1. The second-order valence-electron chi connectivity index (χ2n) is 2.76. The van der Waals surface area contributed by atoms with E-state index in [0.717, 1.165) is 6.26 Å². The van der Waals surface area contributed by atoms with Crippen molar-refractivity contribution in [2.75, 3.05) is 25.9 Å². The Labute approximate surface area is 87.6 Å². The van der Waals surface area contributed by atoms with Gasteiger partial charge in [-0.2, -0.15) is 0 Å². The maximum absolute atomic E-state index is 10.8. The van der Waals surface area contributed by atoms with Gasteiger partial charge in [0.05, 0.1) is 12.8 Å². The highest BCUT2D eigenvalue weighted by Gasteiger charge is 2.03. The van der Waals surface area contributed by atoms with Gasteiger partial charge in [-0.15, -0.1) is 0 Å². The van der Waals surface area contributed by atoms with E-state index in [1.807, 2.05) is 5.32 Å². The minimum absolute atomic E-state index is 0.103. The number of carbonyl (C=O) groups excluding carboxylic acids is 2. The molecule has 5 N–H and O–H groups in total. The maximum atomic E-state index is 10.8. The van der Waals surface area contributed by atoms with E-state index in [0.29, 0.717) is 0 Å². The van der Waals surface area contributed by atoms with Gasteiger partial charge in [0, 0.05) is 13.1 Å². The van der Waals surface area contributed by atoms with Gasteiger partial charge in [0.2, 0.25) is 15.9 Å². The van der Waals surface area contributed by atoms with Crippen LogP contribution in [0, 0.1) is 0 Å². The van der Waals surface area contributed by atoms with E-state index in [1.165, 1.54) is 0 Å². The van der Waals surface area contributed by atoms with Crippen LogP contribution in [0.2, 0.25) is 0 Å². The van der Waals surface area contributed by atoms with Gasteiger partial charge >= 0.3 is 6.03 Å². The average molecular weight is 238 g/mol. The Morgan fingerprint density at radius 2 is 1.87 bits per heavy atom. The van der Waals surface area contributed by atoms with E-state index in [9.17, 15) is 18.0 Å². The van der Waals surface area contributed by atoms with Gasteiger partial charge in [0.1, 0.15) is 0 Å². The largest absolute Gasteiger partial charge is 0.351 e. The van der Waals surface area contributed by atoms with Gasteiger partial charge in [0.15, 0.2) is 0 Å². The quantitative estimate of drug-likeness (QED) is 0.375. The Morgan fingerprint density at radius 3 is 2.33 bits per heavy atom. The van der Waals surface area contributed by atoms with Crippen LogP contribution in [0.4, 0.5) is 4.79 Å². The number of urea groups is 1. The molecule has 3 amide bonds. The third-order valence-corrected chi connectivity index (χ3v) is 1.94. The maximum Gasteiger partial charge on any atom is 0.318 e. The highest BCUT2D eigenvalue weighted by atomic mass is 32.2. The van der Waals surface area contributed by atoms with Crippen LogP contribution in [-0.4, -0.2) is 46.2 Å². The van der Waals surface area contributed by atoms with Crippen LogP contribution in [0.3, 0.4) is 0 Å². The number of imide groups is 1. The topological polar surface area (TPSA) is 130 Å². The van der Waals surface area contributed by atoms with Crippen LogP contribution in [0.25, 0.3) is 0 Å². The molecule has 0 aromatic rings. The Balaban J connectivity index is 3.47. The summed E-state index contributed by atoms with van der Waals surface area (Å²) in [7, 11) is -3.21. The van der Waals surface area contributed by atoms with Crippen LogP contribution in [0.1, 0.15) is 0 Å². The Kier molecular flexibility index (Phi) is 5.82. The summed E-state index contributed by atoms with van der Waals surface area (Å²) in [4.78, 5) is 21.0. The Hall–Kier alpha value is -1.19. The molecule has 0 saturated heterocycles. The fraction of sp³-hybridized carbons (Fsp3) is 0.667. The summed E-state index contributed by atoms with van der Waals surface area (Å²) in [6.45, 7) is 0.344. The van der Waals surface area contributed by atoms with E-state index < -0.39 is 22.0 Å². The molecule has 0 saturated carbocycles. The van der Waals surface area contributed by atoms with E-state index in [1.54, 1.807) is 0 Å². The van der Waals surface area contributed by atoms with Crippen molar-refractivity contribution in [3.63, 3.8) is 0 Å². The molecule has 0 aromatic carbocycles. The van der Waals surface area contributed by atoms with E-state index in [4.69, 9.17) is 5.73 Å². The number of amides is 3. The predicted molar refractivity (Wildman–Crippen MR) is 53.4 cm³/mol. The lowest BCUT2D eigenvalue weighted by atomic mass is 10.5. The number of carbonyl (C=O) groups is 2. The molecule has 0 spiro atoms. The highest BCUT2D eigenvalue weighted by molar-refractivity contribution is 7.88. The minimum atomic E-state index is -3.21. The number of hydrogen-bond acceptors (Lipinski definition) is 5. The number of nitrogens with two attached hydrogens (primary N) is 1. The standard InChI is InChI=1S/C6H14N4O4S/c1-15(13,14)9-3-2-8-4-5(11)10-6(7)12/h8-9H,2-4H2,1H3,(H3,7,10,11,12). The van der Waals surface area contributed by atoms with Crippen LogP contribution in [-0.2, 0) is 14.8 Å². The van der Waals surface area contributed by atoms with Crippen LogP contribution in [0.15, 0.2) is 0 Å². The van der Waals surface area contributed by atoms with Gasteiger partial charge < -0.3 is 11.1 Å². The van der Waals surface area contributed by atoms with Gasteiger partial charge in [-0.05, 0) is 0 Å². The molecule has 0 aromatic heterocycles. The first kappa shape index (κ1) is 13.8. The van der Waals surface area contributed by atoms with Crippen molar-refractivity contribution in [2.24, 2.45) is 5.73 Å². The normalized spacial score (nSPS) is 11.0. The SMILES string of the molecule is CS(=O)(=O)NCCNCC(=O)NC(N)=O. The molecule has 9 heteroatoms. The molecule has 88 valence electrons. The molecule has 0 rings (SSSR count). The predicted octanol–water partition coefficient (Wildman–Crippen LogP) is -2.68. The molecule has 0 aliphatic carbocycles. The molecule has 8 nitrogen and oxygen atoms in total. The summed E-state index contributed by atoms with van der Waals surface area (Å²) in [6.07, 6.45) is 1.03. The first-order valence-corrected chi connectivity index (χ1v) is 5.95. The highest BCUT2D eigenvalue weighted by Crippen LogP contribution is 1.71. The number of primary amides is 1. The van der Waals surface area contributed by atoms with Crippen LogP contribution in [0.5, 0.6) is 0 Å². The van der Waals surface area contributed by atoms with Crippen LogP contribution >= 0.6 is 0 Å². The molecular formula is C6H14N4O4S. The fourth-order valence-electron chi connectivity index (χ4n) is 0.708. The first-order chi connectivity index (χ1) is 6.81. The molecule has 0 bridgehead atoms. The Bertz CT molecular complexity index is 326. The van der Waals surface area contributed by atoms with Crippen molar-refractivity contribution < 1.29 is 18.0 Å². The Morgan fingerprint density at radius 1 is 1.27 bits per heavy atom. The number of rotatable bonds is 6. The molecule has 0 unspecified atom stereocenters. The van der Waals surface area contributed by atoms with Crippen molar-refractivity contribution >= 4 is 22.0 Å². The van der Waals surface area contributed by atoms with E-state index >= 15 is 0 Å². The zero-order valence-corrected chi connectivity index (χ0v) is 9.06. The zero-order chi connectivity index (χ0) is 11.9. The monoisotopic (exact) mass is 238 g/mol. The molecule has 0 atom stereocenters.